The molecule has 0 saturated carbocycles. The predicted octanol–water partition coefficient (Wildman–Crippen LogP) is 5.49. The molecule has 0 bridgehead atoms. The number of likely N-dealkylation sites (tertiary alicyclic amines) is 1. The van der Waals surface area contributed by atoms with Gasteiger partial charge in [-0.25, -0.2) is 4.68 Å². The number of hydrogen-bond acceptors (Lipinski definition) is 3. The van der Waals surface area contributed by atoms with Gasteiger partial charge in [-0.1, -0.05) is 48.5 Å². The van der Waals surface area contributed by atoms with Crippen molar-refractivity contribution in [3.63, 3.8) is 0 Å². The second-order valence-electron chi connectivity index (χ2n) is 8.09. The summed E-state index contributed by atoms with van der Waals surface area (Å²) in [5.41, 5.74) is 3.39. The van der Waals surface area contributed by atoms with Crippen LogP contribution in [0.25, 0.3) is 15.9 Å². The number of hydrogen-bond donors (Lipinski definition) is 0. The molecule has 1 fully saturated rings. The first kappa shape index (κ1) is 19.1. The number of rotatable bonds is 4. The van der Waals surface area contributed by atoms with Gasteiger partial charge in [0.2, 0.25) is 0 Å². The van der Waals surface area contributed by atoms with Crippen LogP contribution in [0.5, 0.6) is 0 Å². The van der Waals surface area contributed by atoms with Crippen molar-refractivity contribution < 1.29 is 4.79 Å². The number of fused-ring (bicyclic) bond motifs is 1. The van der Waals surface area contributed by atoms with Crippen LogP contribution in [0, 0.1) is 12.8 Å². The van der Waals surface area contributed by atoms with E-state index in [-0.39, 0.29) is 5.91 Å². The van der Waals surface area contributed by atoms with Crippen LogP contribution in [0.4, 0.5) is 0 Å². The summed E-state index contributed by atoms with van der Waals surface area (Å²) < 4.78 is 1.96. The van der Waals surface area contributed by atoms with Gasteiger partial charge in [0.25, 0.3) is 5.91 Å². The van der Waals surface area contributed by atoms with Crippen molar-refractivity contribution in [2.45, 2.75) is 26.2 Å². The molecule has 0 aliphatic carbocycles. The quantitative estimate of drug-likeness (QED) is 0.442. The van der Waals surface area contributed by atoms with Gasteiger partial charge in [0.15, 0.2) is 0 Å². The standard InChI is InChI=1S/C25H25N3OS/c1-18-22-17-23(30-25(22)28(26-18)21-10-6-3-7-11-21)24(29)27-14-12-20(13-15-27)16-19-8-4-2-5-9-19/h2-11,17,20H,12-16H2,1H3. The number of aryl methyl sites for hydroxylation is 1. The molecule has 3 heterocycles. The van der Waals surface area contributed by atoms with Gasteiger partial charge in [-0.15, -0.1) is 11.3 Å². The first-order valence-electron chi connectivity index (χ1n) is 10.6. The molecule has 0 radical (unpaired) electrons. The van der Waals surface area contributed by atoms with Crippen molar-refractivity contribution in [1.29, 1.82) is 0 Å². The van der Waals surface area contributed by atoms with E-state index in [9.17, 15) is 4.79 Å². The van der Waals surface area contributed by atoms with Crippen molar-refractivity contribution in [2.24, 2.45) is 5.92 Å². The molecule has 30 heavy (non-hydrogen) atoms. The van der Waals surface area contributed by atoms with Crippen molar-refractivity contribution in [3.8, 4) is 5.69 Å². The summed E-state index contributed by atoms with van der Waals surface area (Å²) in [7, 11) is 0. The fourth-order valence-corrected chi connectivity index (χ4v) is 5.49. The molecule has 2 aromatic heterocycles. The minimum absolute atomic E-state index is 0.161. The molecule has 4 aromatic rings. The molecule has 0 atom stereocenters. The van der Waals surface area contributed by atoms with Crippen molar-refractivity contribution in [1.82, 2.24) is 14.7 Å². The molecule has 1 saturated heterocycles. The van der Waals surface area contributed by atoms with Crippen LogP contribution >= 0.6 is 11.3 Å². The largest absolute Gasteiger partial charge is 0.338 e. The van der Waals surface area contributed by atoms with Gasteiger partial charge in [0.1, 0.15) is 4.83 Å². The molecule has 152 valence electrons. The number of benzene rings is 2. The van der Waals surface area contributed by atoms with Crippen LogP contribution in [0.2, 0.25) is 0 Å². The van der Waals surface area contributed by atoms with Gasteiger partial charge in [0, 0.05) is 18.5 Å². The van der Waals surface area contributed by atoms with Gasteiger partial charge >= 0.3 is 0 Å². The molecular formula is C25H25N3OS. The highest BCUT2D eigenvalue weighted by molar-refractivity contribution is 7.20. The molecule has 1 aliphatic heterocycles. The second kappa shape index (κ2) is 8.07. The fraction of sp³-hybridized carbons (Fsp3) is 0.280. The zero-order valence-electron chi connectivity index (χ0n) is 17.1. The molecule has 4 nitrogen and oxygen atoms in total. The minimum Gasteiger partial charge on any atom is -0.338 e. The van der Waals surface area contributed by atoms with E-state index in [1.807, 2.05) is 52.9 Å². The summed E-state index contributed by atoms with van der Waals surface area (Å²) in [6, 6.07) is 22.8. The Morgan fingerprint density at radius 1 is 1.03 bits per heavy atom. The highest BCUT2D eigenvalue weighted by Crippen LogP contribution is 2.32. The number of aromatic nitrogens is 2. The second-order valence-corrected chi connectivity index (χ2v) is 9.12. The van der Waals surface area contributed by atoms with Crippen LogP contribution in [0.15, 0.2) is 66.7 Å². The average Bonchev–Trinajstić information content (AvgIpc) is 3.36. The average molecular weight is 416 g/mol. The Morgan fingerprint density at radius 3 is 2.40 bits per heavy atom. The summed E-state index contributed by atoms with van der Waals surface area (Å²) >= 11 is 1.55. The summed E-state index contributed by atoms with van der Waals surface area (Å²) in [5, 5.41) is 5.76. The van der Waals surface area contributed by atoms with E-state index in [1.165, 1.54) is 5.56 Å². The Hall–Kier alpha value is -2.92. The lowest BCUT2D eigenvalue weighted by Gasteiger charge is -2.31. The topological polar surface area (TPSA) is 38.1 Å². The number of piperidine rings is 1. The van der Waals surface area contributed by atoms with Crippen molar-refractivity contribution in [2.75, 3.05) is 13.1 Å². The van der Waals surface area contributed by atoms with Crippen LogP contribution in [-0.2, 0) is 6.42 Å². The Bertz CT molecular complexity index is 1160. The number of carbonyl (C=O) groups is 1. The summed E-state index contributed by atoms with van der Waals surface area (Å²) in [4.78, 5) is 17.1. The van der Waals surface area contributed by atoms with E-state index in [0.717, 1.165) is 58.8 Å². The van der Waals surface area contributed by atoms with Gasteiger partial charge in [0.05, 0.1) is 16.3 Å². The van der Waals surface area contributed by atoms with E-state index >= 15 is 0 Å². The zero-order valence-corrected chi connectivity index (χ0v) is 17.9. The lowest BCUT2D eigenvalue weighted by atomic mass is 9.90. The highest BCUT2D eigenvalue weighted by atomic mass is 32.1. The third-order valence-electron chi connectivity index (χ3n) is 6.03. The van der Waals surface area contributed by atoms with E-state index in [1.54, 1.807) is 11.3 Å². The normalized spacial score (nSPS) is 15.0. The molecule has 5 heteroatoms. The van der Waals surface area contributed by atoms with Gasteiger partial charge in [-0.3, -0.25) is 4.79 Å². The maximum Gasteiger partial charge on any atom is 0.264 e. The molecule has 0 N–H and O–H groups in total. The van der Waals surface area contributed by atoms with Crippen molar-refractivity contribution in [3.05, 3.63) is 82.9 Å². The summed E-state index contributed by atoms with van der Waals surface area (Å²) in [6.07, 6.45) is 3.25. The monoisotopic (exact) mass is 415 g/mol. The third kappa shape index (κ3) is 3.65. The third-order valence-corrected chi connectivity index (χ3v) is 7.12. The fourth-order valence-electron chi connectivity index (χ4n) is 4.34. The smallest absolute Gasteiger partial charge is 0.264 e. The SMILES string of the molecule is Cc1nn(-c2ccccc2)c2sc(C(=O)N3CCC(Cc4ccccc4)CC3)cc12. The molecule has 0 spiro atoms. The van der Waals surface area contributed by atoms with Gasteiger partial charge < -0.3 is 4.90 Å². The van der Waals surface area contributed by atoms with E-state index < -0.39 is 0 Å². The Balaban J connectivity index is 1.31. The molecule has 0 unspecified atom stereocenters. The predicted molar refractivity (Wildman–Crippen MR) is 122 cm³/mol. The number of amides is 1. The minimum atomic E-state index is 0.161. The van der Waals surface area contributed by atoms with Crippen LogP contribution < -0.4 is 0 Å². The highest BCUT2D eigenvalue weighted by Gasteiger charge is 2.26. The van der Waals surface area contributed by atoms with Crippen molar-refractivity contribution >= 4 is 27.5 Å². The van der Waals surface area contributed by atoms with E-state index in [4.69, 9.17) is 0 Å². The number of para-hydroxylation sites is 1. The van der Waals surface area contributed by atoms with Crippen LogP contribution in [0.3, 0.4) is 0 Å². The zero-order chi connectivity index (χ0) is 20.5. The molecule has 2 aromatic carbocycles. The first-order chi connectivity index (χ1) is 14.7. The van der Waals surface area contributed by atoms with Crippen LogP contribution in [0.1, 0.15) is 33.8 Å². The Labute approximate surface area is 180 Å². The molecule has 1 amide bonds. The Kier molecular flexibility index (Phi) is 5.13. The number of thiophene rings is 1. The first-order valence-corrected chi connectivity index (χ1v) is 11.4. The number of carbonyl (C=O) groups excluding carboxylic acids is 1. The molecular weight excluding hydrogens is 390 g/mol. The maximum absolute atomic E-state index is 13.2. The van der Waals surface area contributed by atoms with Gasteiger partial charge in [-0.05, 0) is 55.9 Å². The van der Waals surface area contributed by atoms with Gasteiger partial charge in [-0.2, -0.15) is 5.10 Å². The maximum atomic E-state index is 13.2. The molecule has 5 rings (SSSR count). The summed E-state index contributed by atoms with van der Waals surface area (Å²) in [5.74, 6) is 0.820. The number of nitrogens with zero attached hydrogens (tertiary/aromatic N) is 3. The van der Waals surface area contributed by atoms with E-state index in [0.29, 0.717) is 5.92 Å². The van der Waals surface area contributed by atoms with Crippen LogP contribution in [-0.4, -0.2) is 33.7 Å². The van der Waals surface area contributed by atoms with E-state index in [2.05, 4.69) is 35.4 Å². The lowest BCUT2D eigenvalue weighted by molar-refractivity contribution is 0.0695. The Morgan fingerprint density at radius 2 is 1.70 bits per heavy atom. The molecule has 1 aliphatic rings. The summed E-state index contributed by atoms with van der Waals surface area (Å²) in [6.45, 7) is 3.70. The lowest BCUT2D eigenvalue weighted by Crippen LogP contribution is -2.38.